The molecule has 11 heteroatoms. The van der Waals surface area contributed by atoms with E-state index in [4.69, 9.17) is 14.7 Å². The number of nitro groups is 1. The minimum absolute atomic E-state index is 0.00820. The van der Waals surface area contributed by atoms with Crippen molar-refractivity contribution >= 4 is 46.0 Å². The number of thioether (sulfide) groups is 1. The van der Waals surface area contributed by atoms with Crippen molar-refractivity contribution in [2.45, 2.75) is 31.2 Å². The molecule has 3 aromatic carbocycles. The fourth-order valence-electron chi connectivity index (χ4n) is 4.29. The monoisotopic (exact) mass is 543 g/mol. The van der Waals surface area contributed by atoms with Crippen LogP contribution in [-0.2, 0) is 21.9 Å². The molecule has 2 aliphatic rings. The second-order valence-corrected chi connectivity index (χ2v) is 9.88. The number of benzene rings is 3. The predicted molar refractivity (Wildman–Crippen MR) is 149 cm³/mol. The Morgan fingerprint density at radius 3 is 2.67 bits per heavy atom. The van der Waals surface area contributed by atoms with Gasteiger partial charge in [0.05, 0.1) is 17.7 Å². The van der Waals surface area contributed by atoms with Gasteiger partial charge in [-0.1, -0.05) is 48.2 Å². The Kier molecular flexibility index (Phi) is 7.69. The van der Waals surface area contributed by atoms with Crippen molar-refractivity contribution in [3.8, 4) is 5.75 Å². The quantitative estimate of drug-likeness (QED) is 0.311. The summed E-state index contributed by atoms with van der Waals surface area (Å²) in [7, 11) is 1.60. The zero-order valence-electron chi connectivity index (χ0n) is 21.1. The van der Waals surface area contributed by atoms with Crippen LogP contribution in [0.4, 0.5) is 11.4 Å². The van der Waals surface area contributed by atoms with Crippen molar-refractivity contribution in [3.63, 3.8) is 0 Å². The molecule has 5 rings (SSSR count). The Morgan fingerprint density at radius 2 is 1.90 bits per heavy atom. The highest BCUT2D eigenvalue weighted by atomic mass is 32.2. The zero-order chi connectivity index (χ0) is 27.4. The van der Waals surface area contributed by atoms with Crippen LogP contribution < -0.4 is 10.1 Å². The number of aliphatic imine (C=N–C) groups is 2. The lowest BCUT2D eigenvalue weighted by molar-refractivity contribution is -0.384. The van der Waals surface area contributed by atoms with Crippen LogP contribution in [0.3, 0.4) is 0 Å². The van der Waals surface area contributed by atoms with Crippen LogP contribution >= 0.6 is 11.8 Å². The molecule has 0 fully saturated rings. The van der Waals surface area contributed by atoms with Gasteiger partial charge in [0.1, 0.15) is 17.6 Å². The second-order valence-electron chi connectivity index (χ2n) is 8.93. The average molecular weight is 544 g/mol. The standard InChI is InChI=1S/C28H25N5O5S/c1-38-21-11-9-18(10-12-21)16-29-25(34)14-13-24-27(35)32-26(30-24)22-7-2-3-8-23(22)31-28(32)39-17-19-5-4-6-20(15-19)33(36)37/h2-12,15,24H,13-14,16-17H2,1H3,(H,29,34)/t24-/m0/s1. The van der Waals surface area contributed by atoms with Crippen molar-refractivity contribution in [2.24, 2.45) is 9.98 Å². The van der Waals surface area contributed by atoms with Gasteiger partial charge in [0, 0.05) is 36.4 Å². The molecule has 0 unspecified atom stereocenters. The molecule has 39 heavy (non-hydrogen) atoms. The van der Waals surface area contributed by atoms with E-state index >= 15 is 0 Å². The third-order valence-electron chi connectivity index (χ3n) is 6.33. The highest BCUT2D eigenvalue weighted by Gasteiger charge is 2.41. The third-order valence-corrected chi connectivity index (χ3v) is 7.34. The van der Waals surface area contributed by atoms with E-state index in [0.29, 0.717) is 29.0 Å². The van der Waals surface area contributed by atoms with E-state index in [1.165, 1.54) is 28.8 Å². The molecule has 0 bridgehead atoms. The number of ether oxygens (including phenoxy) is 1. The fraction of sp³-hybridized carbons (Fsp3) is 0.214. The number of amidine groups is 2. The van der Waals surface area contributed by atoms with Crippen LogP contribution in [0.25, 0.3) is 0 Å². The largest absolute Gasteiger partial charge is 0.497 e. The topological polar surface area (TPSA) is 126 Å². The first-order valence-electron chi connectivity index (χ1n) is 12.3. The van der Waals surface area contributed by atoms with Crippen LogP contribution in [-0.4, -0.2) is 45.8 Å². The molecule has 10 nitrogen and oxygen atoms in total. The Hall–Kier alpha value is -4.51. The number of rotatable bonds is 9. The van der Waals surface area contributed by atoms with Gasteiger partial charge in [0.15, 0.2) is 5.17 Å². The Balaban J connectivity index is 1.26. The number of carbonyl (C=O) groups excluding carboxylic acids is 2. The molecule has 3 aromatic rings. The number of non-ortho nitro benzene ring substituents is 1. The highest BCUT2D eigenvalue weighted by molar-refractivity contribution is 8.13. The number of fused-ring (bicyclic) bond motifs is 3. The van der Waals surface area contributed by atoms with Crippen LogP contribution in [0.5, 0.6) is 5.75 Å². The van der Waals surface area contributed by atoms with E-state index in [1.807, 2.05) is 48.5 Å². The first-order valence-corrected chi connectivity index (χ1v) is 13.3. The highest BCUT2D eigenvalue weighted by Crippen LogP contribution is 2.35. The smallest absolute Gasteiger partial charge is 0.269 e. The summed E-state index contributed by atoms with van der Waals surface area (Å²) >= 11 is 1.31. The van der Waals surface area contributed by atoms with Crippen LogP contribution in [0.2, 0.25) is 0 Å². The van der Waals surface area contributed by atoms with Crippen molar-refractivity contribution in [3.05, 3.63) is 99.6 Å². The van der Waals surface area contributed by atoms with Gasteiger partial charge in [-0.2, -0.15) is 0 Å². The summed E-state index contributed by atoms with van der Waals surface area (Å²) in [5.41, 5.74) is 3.13. The molecule has 0 aromatic heterocycles. The van der Waals surface area contributed by atoms with Crippen molar-refractivity contribution in [2.75, 3.05) is 7.11 Å². The summed E-state index contributed by atoms with van der Waals surface area (Å²) in [5, 5.41) is 14.5. The van der Waals surface area contributed by atoms with Gasteiger partial charge in [0.25, 0.3) is 11.6 Å². The molecule has 2 heterocycles. The van der Waals surface area contributed by atoms with Crippen molar-refractivity contribution < 1.29 is 19.2 Å². The first kappa shape index (κ1) is 26.1. The number of hydrogen-bond acceptors (Lipinski definition) is 8. The molecule has 2 amide bonds. The summed E-state index contributed by atoms with van der Waals surface area (Å²) < 4.78 is 5.15. The van der Waals surface area contributed by atoms with Gasteiger partial charge >= 0.3 is 0 Å². The van der Waals surface area contributed by atoms with Crippen molar-refractivity contribution in [1.29, 1.82) is 0 Å². The lowest BCUT2D eigenvalue weighted by Gasteiger charge is -2.25. The van der Waals surface area contributed by atoms with E-state index in [-0.39, 0.29) is 30.3 Å². The predicted octanol–water partition coefficient (Wildman–Crippen LogP) is 4.59. The molecule has 1 atom stereocenters. The number of amides is 2. The Bertz CT molecular complexity index is 1490. The van der Waals surface area contributed by atoms with Crippen LogP contribution in [0.15, 0.2) is 82.8 Å². The molecule has 198 valence electrons. The molecule has 0 radical (unpaired) electrons. The fourth-order valence-corrected chi connectivity index (χ4v) is 5.24. The lowest BCUT2D eigenvalue weighted by Crippen LogP contribution is -2.41. The first-order chi connectivity index (χ1) is 18.9. The van der Waals surface area contributed by atoms with Crippen LogP contribution in [0, 0.1) is 10.1 Å². The molecule has 0 saturated carbocycles. The number of carbonyl (C=O) groups is 2. The maximum atomic E-state index is 13.5. The van der Waals surface area contributed by atoms with Gasteiger partial charge in [-0.15, -0.1) is 0 Å². The number of hydrogen-bond donors (Lipinski definition) is 1. The Labute approximate surface area is 228 Å². The average Bonchev–Trinajstić information content (AvgIpc) is 3.30. The number of nitrogens with zero attached hydrogens (tertiary/aromatic N) is 4. The zero-order valence-corrected chi connectivity index (χ0v) is 21.9. The van der Waals surface area contributed by atoms with Crippen LogP contribution in [0.1, 0.15) is 29.5 Å². The van der Waals surface area contributed by atoms with E-state index < -0.39 is 11.0 Å². The van der Waals surface area contributed by atoms with E-state index in [9.17, 15) is 19.7 Å². The summed E-state index contributed by atoms with van der Waals surface area (Å²) in [6, 6.07) is 20.6. The minimum Gasteiger partial charge on any atom is -0.497 e. The summed E-state index contributed by atoms with van der Waals surface area (Å²) in [4.78, 5) is 47.6. The normalized spacial score (nSPS) is 15.7. The van der Waals surface area contributed by atoms with Gasteiger partial charge in [-0.05, 0) is 41.8 Å². The van der Waals surface area contributed by atoms with E-state index in [0.717, 1.165) is 22.4 Å². The van der Waals surface area contributed by atoms with E-state index in [1.54, 1.807) is 19.2 Å². The number of nitro benzene ring substituents is 1. The molecule has 1 N–H and O–H groups in total. The van der Waals surface area contributed by atoms with Gasteiger partial charge < -0.3 is 10.1 Å². The SMILES string of the molecule is COc1ccc(CNC(=O)CC[C@@H]2N=C3c4ccccc4N=C(SCc4cccc([N+](=O)[O-])c4)N3C2=O)cc1. The maximum Gasteiger partial charge on any atom is 0.269 e. The third kappa shape index (κ3) is 5.83. The molecule has 0 aliphatic carbocycles. The molecular formula is C28H25N5O5S. The lowest BCUT2D eigenvalue weighted by atomic mass is 10.1. The second kappa shape index (κ2) is 11.5. The summed E-state index contributed by atoms with van der Waals surface area (Å²) in [5.74, 6) is 1.23. The summed E-state index contributed by atoms with van der Waals surface area (Å²) in [6.45, 7) is 0.376. The maximum absolute atomic E-state index is 13.5. The number of nitrogens with one attached hydrogen (secondary N) is 1. The number of para-hydroxylation sites is 1. The minimum atomic E-state index is -0.707. The van der Waals surface area contributed by atoms with Gasteiger partial charge in [-0.25, -0.2) is 9.89 Å². The Morgan fingerprint density at radius 1 is 1.10 bits per heavy atom. The van der Waals surface area contributed by atoms with Gasteiger partial charge in [0.2, 0.25) is 5.91 Å². The molecule has 0 saturated heterocycles. The van der Waals surface area contributed by atoms with Gasteiger partial charge in [-0.3, -0.25) is 24.7 Å². The molecule has 2 aliphatic heterocycles. The molecular weight excluding hydrogens is 518 g/mol. The summed E-state index contributed by atoms with van der Waals surface area (Å²) in [6.07, 6.45) is 0.407. The number of methoxy groups -OCH3 is 1. The van der Waals surface area contributed by atoms with Crippen molar-refractivity contribution in [1.82, 2.24) is 10.2 Å². The molecule has 0 spiro atoms. The van der Waals surface area contributed by atoms with E-state index in [2.05, 4.69) is 5.32 Å².